The van der Waals surface area contributed by atoms with E-state index in [-0.39, 0.29) is 0 Å². The summed E-state index contributed by atoms with van der Waals surface area (Å²) in [6, 6.07) is 17.1. The third kappa shape index (κ3) is 5.02. The van der Waals surface area contributed by atoms with E-state index < -0.39 is 0 Å². The highest BCUT2D eigenvalue weighted by molar-refractivity contribution is 5.86. The molecule has 5 rings (SSSR count). The molecule has 7 nitrogen and oxygen atoms in total. The number of hydrogen-bond acceptors (Lipinski definition) is 6. The molecule has 2 aromatic heterocycles. The Bertz CT molecular complexity index is 1340. The van der Waals surface area contributed by atoms with Crippen LogP contribution < -0.4 is 15.0 Å². The molecule has 0 aliphatic carbocycles. The Labute approximate surface area is 213 Å². The summed E-state index contributed by atoms with van der Waals surface area (Å²) in [5.74, 6) is 2.53. The fraction of sp³-hybridized carbons (Fsp3) is 0.379. The van der Waals surface area contributed by atoms with Crippen LogP contribution in [0.2, 0.25) is 0 Å². The first-order chi connectivity index (χ1) is 17.6. The van der Waals surface area contributed by atoms with Gasteiger partial charge >= 0.3 is 0 Å². The van der Waals surface area contributed by atoms with Crippen molar-refractivity contribution in [3.8, 4) is 5.75 Å². The third-order valence-electron chi connectivity index (χ3n) is 7.20. The number of benzene rings is 2. The predicted octanol–water partition coefficient (Wildman–Crippen LogP) is 4.49. The second-order valence-electron chi connectivity index (χ2n) is 9.59. The maximum Gasteiger partial charge on any atom is 0.154 e. The summed E-state index contributed by atoms with van der Waals surface area (Å²) in [5, 5.41) is 3.60. The lowest BCUT2D eigenvalue weighted by Gasteiger charge is -2.34. The molecule has 0 spiro atoms. The number of anilines is 2. The van der Waals surface area contributed by atoms with Gasteiger partial charge in [0.15, 0.2) is 5.82 Å². The van der Waals surface area contributed by atoms with Crippen LogP contribution in [0.25, 0.3) is 11.0 Å². The largest absolute Gasteiger partial charge is 0.496 e. The number of fused-ring (bicyclic) bond motifs is 1. The molecule has 0 atom stereocenters. The topological polar surface area (TPSA) is 58.5 Å². The van der Waals surface area contributed by atoms with Gasteiger partial charge in [0.1, 0.15) is 17.1 Å². The van der Waals surface area contributed by atoms with Crippen molar-refractivity contribution in [3.63, 3.8) is 0 Å². The molecule has 1 aliphatic heterocycles. The minimum absolute atomic E-state index is 0.608. The van der Waals surface area contributed by atoms with Gasteiger partial charge < -0.3 is 24.4 Å². The number of nitrogens with zero attached hydrogens (tertiary/aromatic N) is 5. The molecule has 0 radical (unpaired) electrons. The Morgan fingerprint density at radius 2 is 1.69 bits per heavy atom. The molecular formula is C29H36N6O. The normalized spacial score (nSPS) is 14.4. The standard InChI is InChI=1S/C29H36N6O/c1-5-21-8-6-7-9-23(21)20-30-29-28-25(12-13-34(28)3)31-27(32-29)18-22-10-11-24(19-26(22)36-4)35-16-14-33(2)15-17-35/h6-13,19H,5,14-18,20H2,1-4H3,(H,30,31,32). The molecule has 188 valence electrons. The summed E-state index contributed by atoms with van der Waals surface area (Å²) in [4.78, 5) is 14.7. The highest BCUT2D eigenvalue weighted by atomic mass is 16.5. The second kappa shape index (κ2) is 10.6. The number of aryl methyl sites for hydroxylation is 2. The van der Waals surface area contributed by atoms with E-state index in [4.69, 9.17) is 14.7 Å². The molecule has 7 heteroatoms. The Morgan fingerprint density at radius 1 is 0.917 bits per heavy atom. The third-order valence-corrected chi connectivity index (χ3v) is 7.20. The lowest BCUT2D eigenvalue weighted by atomic mass is 10.1. The van der Waals surface area contributed by atoms with Crippen LogP contribution in [0.1, 0.15) is 29.4 Å². The van der Waals surface area contributed by atoms with Crippen molar-refractivity contribution in [2.45, 2.75) is 26.3 Å². The summed E-state index contributed by atoms with van der Waals surface area (Å²) in [6.07, 6.45) is 3.66. The minimum atomic E-state index is 0.608. The second-order valence-corrected chi connectivity index (χ2v) is 9.59. The zero-order valence-electron chi connectivity index (χ0n) is 21.8. The van der Waals surface area contributed by atoms with E-state index >= 15 is 0 Å². The molecule has 0 amide bonds. The summed E-state index contributed by atoms with van der Waals surface area (Å²) in [7, 11) is 5.96. The smallest absolute Gasteiger partial charge is 0.154 e. The Hall–Kier alpha value is -3.58. The van der Waals surface area contributed by atoms with Crippen molar-refractivity contribution in [1.29, 1.82) is 0 Å². The maximum atomic E-state index is 5.81. The first-order valence-corrected chi connectivity index (χ1v) is 12.8. The van der Waals surface area contributed by atoms with E-state index in [1.54, 1.807) is 7.11 Å². The molecule has 1 fully saturated rings. The molecule has 4 aromatic rings. The van der Waals surface area contributed by atoms with Gasteiger partial charge in [-0.3, -0.25) is 0 Å². The molecule has 1 saturated heterocycles. The summed E-state index contributed by atoms with van der Waals surface area (Å²) in [5.41, 5.74) is 6.91. The fourth-order valence-corrected chi connectivity index (χ4v) is 5.01. The summed E-state index contributed by atoms with van der Waals surface area (Å²) in [6.45, 7) is 7.14. The Morgan fingerprint density at radius 3 is 2.44 bits per heavy atom. The van der Waals surface area contributed by atoms with Crippen molar-refractivity contribution in [2.75, 3.05) is 50.6 Å². The molecule has 0 unspecified atom stereocenters. The van der Waals surface area contributed by atoms with Gasteiger partial charge in [0.2, 0.25) is 0 Å². The molecule has 3 heterocycles. The van der Waals surface area contributed by atoms with Crippen molar-refractivity contribution in [1.82, 2.24) is 19.4 Å². The highest BCUT2D eigenvalue weighted by Crippen LogP contribution is 2.29. The Kier molecular flexibility index (Phi) is 7.09. The van der Waals surface area contributed by atoms with Gasteiger partial charge in [-0.2, -0.15) is 0 Å². The predicted molar refractivity (Wildman–Crippen MR) is 147 cm³/mol. The minimum Gasteiger partial charge on any atom is -0.496 e. The number of nitrogens with one attached hydrogen (secondary N) is 1. The van der Waals surface area contributed by atoms with E-state index in [2.05, 4.69) is 82.2 Å². The fourth-order valence-electron chi connectivity index (χ4n) is 5.01. The van der Waals surface area contributed by atoms with Crippen molar-refractivity contribution >= 4 is 22.5 Å². The molecule has 1 aliphatic rings. The monoisotopic (exact) mass is 484 g/mol. The van der Waals surface area contributed by atoms with Crippen LogP contribution in [0, 0.1) is 0 Å². The first kappa shape index (κ1) is 24.1. The van der Waals surface area contributed by atoms with Crippen LogP contribution >= 0.6 is 0 Å². The van der Waals surface area contributed by atoms with E-state index in [1.807, 2.05) is 13.2 Å². The molecule has 1 N–H and O–H groups in total. The van der Waals surface area contributed by atoms with Gasteiger partial charge in [0, 0.05) is 69.7 Å². The zero-order valence-corrected chi connectivity index (χ0v) is 21.8. The number of piperazine rings is 1. The van der Waals surface area contributed by atoms with Gasteiger partial charge in [-0.25, -0.2) is 9.97 Å². The number of rotatable bonds is 8. The van der Waals surface area contributed by atoms with Gasteiger partial charge in [0.05, 0.1) is 12.6 Å². The van der Waals surface area contributed by atoms with E-state index in [0.29, 0.717) is 6.42 Å². The maximum absolute atomic E-state index is 5.81. The number of ether oxygens (including phenoxy) is 1. The first-order valence-electron chi connectivity index (χ1n) is 12.8. The van der Waals surface area contributed by atoms with Crippen LogP contribution in [-0.2, 0) is 26.4 Å². The van der Waals surface area contributed by atoms with Crippen LogP contribution in [0.3, 0.4) is 0 Å². The van der Waals surface area contributed by atoms with Gasteiger partial charge in [-0.15, -0.1) is 0 Å². The molecule has 36 heavy (non-hydrogen) atoms. The molecule has 0 bridgehead atoms. The summed E-state index contributed by atoms with van der Waals surface area (Å²) >= 11 is 0. The van der Waals surface area contributed by atoms with Crippen LogP contribution in [0.15, 0.2) is 54.7 Å². The quantitative estimate of drug-likeness (QED) is 0.398. The zero-order chi connectivity index (χ0) is 25.1. The van der Waals surface area contributed by atoms with E-state index in [9.17, 15) is 0 Å². The SMILES string of the molecule is CCc1ccccc1CNc1nc(Cc2ccc(N3CCN(C)CC3)cc2OC)nc2ccn(C)c12. The highest BCUT2D eigenvalue weighted by Gasteiger charge is 2.17. The number of methoxy groups -OCH3 is 1. The lowest BCUT2D eigenvalue weighted by Crippen LogP contribution is -2.44. The lowest BCUT2D eigenvalue weighted by molar-refractivity contribution is 0.312. The van der Waals surface area contributed by atoms with Gasteiger partial charge in [-0.1, -0.05) is 37.3 Å². The molecule has 2 aromatic carbocycles. The van der Waals surface area contributed by atoms with Crippen LogP contribution in [-0.4, -0.2) is 59.8 Å². The van der Waals surface area contributed by atoms with Crippen LogP contribution in [0.4, 0.5) is 11.5 Å². The summed E-state index contributed by atoms with van der Waals surface area (Å²) < 4.78 is 7.89. The Balaban J connectivity index is 1.41. The average molecular weight is 485 g/mol. The molecule has 0 saturated carbocycles. The van der Waals surface area contributed by atoms with E-state index in [1.165, 1.54) is 16.8 Å². The number of likely N-dealkylation sites (N-methyl/N-ethyl adjacent to an activating group) is 1. The number of aromatic nitrogens is 3. The average Bonchev–Trinajstić information content (AvgIpc) is 3.28. The molecular weight excluding hydrogens is 448 g/mol. The number of hydrogen-bond donors (Lipinski definition) is 1. The van der Waals surface area contributed by atoms with E-state index in [0.717, 1.165) is 73.1 Å². The van der Waals surface area contributed by atoms with Crippen molar-refractivity contribution in [2.24, 2.45) is 7.05 Å². The van der Waals surface area contributed by atoms with Gasteiger partial charge in [0.25, 0.3) is 0 Å². The van der Waals surface area contributed by atoms with Crippen molar-refractivity contribution < 1.29 is 4.74 Å². The van der Waals surface area contributed by atoms with Gasteiger partial charge in [-0.05, 0) is 36.7 Å². The van der Waals surface area contributed by atoms with Crippen molar-refractivity contribution in [3.05, 3.63) is 77.2 Å². The van der Waals surface area contributed by atoms with Crippen LogP contribution in [0.5, 0.6) is 5.75 Å².